The second-order valence-electron chi connectivity index (χ2n) is 29.9. The zero-order valence-corrected chi connectivity index (χ0v) is 62.9. The number of anilines is 3. The first-order valence-electron chi connectivity index (χ1n) is 36.2. The van der Waals surface area contributed by atoms with E-state index in [1.54, 1.807) is 0 Å². The smallest absolute Gasteiger partial charge is 0.0771 e. The number of fused-ring (bicyclic) bond motifs is 30. The van der Waals surface area contributed by atoms with Crippen molar-refractivity contribution in [3.05, 3.63) is 395 Å². The van der Waals surface area contributed by atoms with Gasteiger partial charge in [0, 0.05) is 73.4 Å². The van der Waals surface area contributed by atoms with E-state index < -0.39 is 5.41 Å². The van der Waals surface area contributed by atoms with Gasteiger partial charge in [0.1, 0.15) is 0 Å². The molecule has 24 rings (SSSR count). The Morgan fingerprint density at radius 2 is 0.676 bits per heavy atom. The number of thiophene rings is 4. The van der Waals surface area contributed by atoms with E-state index in [-0.39, 0.29) is 16.2 Å². The Hall–Kier alpha value is -10.7. The molecule has 18 aromatic rings. The van der Waals surface area contributed by atoms with Gasteiger partial charge in [-0.3, -0.25) is 0 Å². The minimum atomic E-state index is -0.408. The summed E-state index contributed by atoms with van der Waals surface area (Å²) in [5, 5.41) is 14.3. The van der Waals surface area contributed by atoms with Gasteiger partial charge in [-0.1, -0.05) is 226 Å². The van der Waals surface area contributed by atoms with Crippen LogP contribution < -0.4 is 4.90 Å². The maximum Gasteiger partial charge on any atom is 0.0771 e. The molecule has 5 aliphatic carbocycles. The van der Waals surface area contributed by atoms with E-state index in [0.29, 0.717) is 0 Å². The van der Waals surface area contributed by atoms with Crippen LogP contribution in [0.15, 0.2) is 317 Å². The number of halogens is 1. The summed E-state index contributed by atoms with van der Waals surface area (Å²) >= 11 is 11.1. The Morgan fingerprint density at radius 3 is 1.19 bits per heavy atom. The van der Waals surface area contributed by atoms with Crippen molar-refractivity contribution in [3.63, 3.8) is 0 Å². The standard InChI is InChI=1S/C48H32N2S2.C31H22S2.C18H12BrN/c1-47(2)35-17-6-3-14-31(35)34-27-40-44(28-39(34)47)50(43-21-10-7-18-36(43)48(40)37-22-24-51-45(37)46-38(48)23-25-52-46)30-13-11-12-29(26-30)49-41-19-8-4-15-32(41)33-16-5-9-20-42(33)49;1-30(2)23-10-6-4-8-20(23)21-17-26-19(16-27(21)30)15-18-7-3-5-9-22(18)31(26)24-11-13-32-28(24)29-25(31)12-14-33-29;19-13-6-5-7-14(12-13)20-17-10-3-1-8-15(17)16-9-2-4-11-18(16)20/h3-28H,1-2H3;3-14,16-17H,15H2,1-2H3;1-12H. The van der Waals surface area contributed by atoms with E-state index >= 15 is 0 Å². The molecular weight excluding hydrogens is 1420 g/mol. The van der Waals surface area contributed by atoms with E-state index in [9.17, 15) is 0 Å². The van der Waals surface area contributed by atoms with E-state index in [4.69, 9.17) is 0 Å². The number of hydrogen-bond donors (Lipinski definition) is 0. The molecule has 0 N–H and O–H groups in total. The number of aromatic nitrogens is 2. The molecule has 0 radical (unpaired) electrons. The van der Waals surface area contributed by atoms with Crippen LogP contribution in [0.1, 0.15) is 106 Å². The maximum absolute atomic E-state index is 3.56. The number of para-hydroxylation sites is 5. The van der Waals surface area contributed by atoms with Gasteiger partial charge < -0.3 is 14.0 Å². The highest BCUT2D eigenvalue weighted by Gasteiger charge is 2.55. The second kappa shape index (κ2) is 22.7. The van der Waals surface area contributed by atoms with Crippen molar-refractivity contribution in [1.82, 2.24) is 9.13 Å². The van der Waals surface area contributed by atoms with Crippen LogP contribution in [0, 0.1) is 0 Å². The van der Waals surface area contributed by atoms with Gasteiger partial charge in [-0.15, -0.1) is 45.3 Å². The van der Waals surface area contributed by atoms with Gasteiger partial charge in [0.25, 0.3) is 0 Å². The average Bonchev–Trinajstić information content (AvgIpc) is 1.54. The van der Waals surface area contributed by atoms with Crippen LogP contribution in [0.3, 0.4) is 0 Å². The van der Waals surface area contributed by atoms with Crippen molar-refractivity contribution in [1.29, 1.82) is 0 Å². The van der Waals surface area contributed by atoms with E-state index in [1.165, 1.54) is 180 Å². The lowest BCUT2D eigenvalue weighted by molar-refractivity contribution is 0.655. The highest BCUT2D eigenvalue weighted by Crippen LogP contribution is 2.68. The molecule has 2 spiro atoms. The SMILES string of the molecule is Brc1cccc(-n2c3ccccc3c3ccccc32)c1.CC1(C)c2ccccc2-c2cc3c(cc21)Cc1ccccc1C31c2ccsc2-c2sccc21.CC1(C)c2ccccc2-c2cc3c(cc21)N(c1cccc(-n2c4ccccc4c4ccccc42)c1)c1ccccc1C31c2ccsc2-c2sccc21. The summed E-state index contributed by atoms with van der Waals surface area (Å²) in [5.74, 6) is 0. The van der Waals surface area contributed by atoms with Crippen LogP contribution >= 0.6 is 61.3 Å². The molecule has 6 aromatic heterocycles. The highest BCUT2D eigenvalue weighted by atomic mass is 79.9. The third kappa shape index (κ3) is 8.35. The van der Waals surface area contributed by atoms with E-state index in [0.717, 1.165) is 22.3 Å². The summed E-state index contributed by atoms with van der Waals surface area (Å²) in [6.45, 7) is 9.57. The summed E-state index contributed by atoms with van der Waals surface area (Å²) in [4.78, 5) is 8.30. The Balaban J connectivity index is 0.000000110. The van der Waals surface area contributed by atoms with Crippen molar-refractivity contribution in [2.24, 2.45) is 0 Å². The molecule has 0 saturated carbocycles. The van der Waals surface area contributed by atoms with Gasteiger partial charge in [-0.05, 0) is 237 Å². The highest BCUT2D eigenvalue weighted by molar-refractivity contribution is 9.10. The molecule has 12 aromatic carbocycles. The topological polar surface area (TPSA) is 13.1 Å². The molecule has 7 heterocycles. The van der Waals surface area contributed by atoms with E-state index in [1.807, 2.05) is 45.3 Å². The lowest BCUT2D eigenvalue weighted by atomic mass is 9.61. The molecule has 8 heteroatoms. The fourth-order valence-electron chi connectivity index (χ4n) is 19.8. The van der Waals surface area contributed by atoms with Crippen molar-refractivity contribution in [2.45, 2.75) is 55.8 Å². The number of benzene rings is 12. The van der Waals surface area contributed by atoms with Crippen LogP contribution in [-0.2, 0) is 28.1 Å². The normalized spacial score (nSPS) is 15.2. The largest absolute Gasteiger partial charge is 0.310 e. The minimum absolute atomic E-state index is 0.0296. The molecule has 6 aliphatic rings. The fourth-order valence-corrected chi connectivity index (χ4v) is 24.4. The van der Waals surface area contributed by atoms with Crippen LogP contribution in [0.25, 0.3) is 96.7 Å². The zero-order chi connectivity index (χ0) is 69.8. The third-order valence-corrected chi connectivity index (χ3v) is 28.6. The summed E-state index contributed by atoms with van der Waals surface area (Å²) in [7, 11) is 0. The summed E-state index contributed by atoms with van der Waals surface area (Å²) in [6.07, 6.45) is 1.01. The molecule has 0 atom stereocenters. The Kier molecular flexibility index (Phi) is 13.3. The van der Waals surface area contributed by atoms with Crippen LogP contribution in [0.4, 0.5) is 17.1 Å². The molecule has 105 heavy (non-hydrogen) atoms. The molecular formula is C97H66BrN3S4. The van der Waals surface area contributed by atoms with Gasteiger partial charge in [0.05, 0.1) is 44.3 Å². The second-order valence-corrected chi connectivity index (χ2v) is 34.5. The molecule has 0 fully saturated rings. The van der Waals surface area contributed by atoms with Crippen molar-refractivity contribution < 1.29 is 0 Å². The predicted molar refractivity (Wildman–Crippen MR) is 448 cm³/mol. The third-order valence-electron chi connectivity index (χ3n) is 24.2. The Labute approximate surface area is 634 Å². The maximum atomic E-state index is 3.56. The van der Waals surface area contributed by atoms with Gasteiger partial charge in [-0.2, -0.15) is 0 Å². The molecule has 0 bridgehead atoms. The molecule has 1 aliphatic heterocycles. The van der Waals surface area contributed by atoms with Gasteiger partial charge in [0.2, 0.25) is 0 Å². The summed E-state index contributed by atoms with van der Waals surface area (Å²) in [6, 6.07) is 109. The van der Waals surface area contributed by atoms with E-state index in [2.05, 4.69) is 370 Å². The Morgan fingerprint density at radius 1 is 0.276 bits per heavy atom. The quantitative estimate of drug-likeness (QED) is 0.172. The van der Waals surface area contributed by atoms with Gasteiger partial charge in [-0.25, -0.2) is 0 Å². The molecule has 500 valence electrons. The lowest BCUT2D eigenvalue weighted by Crippen LogP contribution is -2.36. The first kappa shape index (κ1) is 61.8. The zero-order valence-electron chi connectivity index (χ0n) is 58.1. The van der Waals surface area contributed by atoms with Crippen molar-refractivity contribution in [2.75, 3.05) is 4.90 Å². The monoisotopic (exact) mass is 1480 g/mol. The van der Waals surface area contributed by atoms with Crippen LogP contribution in [0.2, 0.25) is 0 Å². The lowest BCUT2D eigenvalue weighted by Gasteiger charge is -2.45. The molecule has 0 saturated heterocycles. The molecule has 3 nitrogen and oxygen atoms in total. The van der Waals surface area contributed by atoms with Crippen LogP contribution in [-0.4, -0.2) is 9.13 Å². The Bertz CT molecular complexity index is 6520. The number of hydrogen-bond acceptors (Lipinski definition) is 5. The van der Waals surface area contributed by atoms with Gasteiger partial charge in [0.15, 0.2) is 0 Å². The average molecular weight is 1480 g/mol. The minimum Gasteiger partial charge on any atom is -0.310 e. The molecule has 0 unspecified atom stereocenters. The summed E-state index contributed by atoms with van der Waals surface area (Å²) < 4.78 is 5.84. The predicted octanol–water partition coefficient (Wildman–Crippen LogP) is 27.3. The van der Waals surface area contributed by atoms with Crippen LogP contribution in [0.5, 0.6) is 0 Å². The van der Waals surface area contributed by atoms with Crippen molar-refractivity contribution in [3.8, 4) is 53.1 Å². The van der Waals surface area contributed by atoms with Crippen molar-refractivity contribution >= 4 is 122 Å². The number of nitrogens with zero attached hydrogens (tertiary/aromatic N) is 3. The first-order valence-corrected chi connectivity index (χ1v) is 40.5. The number of rotatable bonds is 3. The molecule has 0 amide bonds. The fraction of sp³-hybridized carbons (Fsp3) is 0.0928. The summed E-state index contributed by atoms with van der Waals surface area (Å²) in [5.41, 5.74) is 35.9. The first-order chi connectivity index (χ1) is 51.5. The van der Waals surface area contributed by atoms with Gasteiger partial charge >= 0.3 is 0 Å².